The van der Waals surface area contributed by atoms with Gasteiger partial charge in [0.1, 0.15) is 13.2 Å². The molecule has 0 spiro atoms. The molecule has 6 heteroatoms. The largest absolute Gasteiger partial charge is 0.462 e. The number of esters is 3. The Morgan fingerprint density at radius 1 is 0.263 bits per heavy atom. The van der Waals surface area contributed by atoms with Crippen LogP contribution in [0.15, 0.2) is 85.1 Å². The van der Waals surface area contributed by atoms with Crippen molar-refractivity contribution in [2.45, 2.75) is 354 Å². The molecule has 0 aliphatic rings. The lowest BCUT2D eigenvalue weighted by molar-refractivity contribution is -0.167. The van der Waals surface area contributed by atoms with Gasteiger partial charge in [0.25, 0.3) is 0 Å². The van der Waals surface area contributed by atoms with Crippen LogP contribution in [-0.4, -0.2) is 37.2 Å². The molecule has 80 heavy (non-hydrogen) atoms. The van der Waals surface area contributed by atoms with Crippen molar-refractivity contribution in [3.63, 3.8) is 0 Å². The zero-order chi connectivity index (χ0) is 57.8. The van der Waals surface area contributed by atoms with Gasteiger partial charge in [0.2, 0.25) is 0 Å². The van der Waals surface area contributed by atoms with Crippen molar-refractivity contribution < 1.29 is 28.6 Å². The molecule has 0 bridgehead atoms. The van der Waals surface area contributed by atoms with E-state index in [0.29, 0.717) is 19.3 Å². The first-order valence-electron chi connectivity index (χ1n) is 34.6. The maximum atomic E-state index is 12.9. The highest BCUT2D eigenvalue weighted by atomic mass is 16.6. The minimum absolute atomic E-state index is 0.0760. The SMILES string of the molecule is CC/C=C\C/C=C\C/C=C\C/C=C\CCCCCCCCCCCCCCCCC(=O)OCC(COC(=O)CCCCCCCCC/C=C\C/C=C\C/C=C\CC)OC(=O)CCCCCCCCCCCCCCCCCCCC. The summed E-state index contributed by atoms with van der Waals surface area (Å²) in [7, 11) is 0. The third-order valence-corrected chi connectivity index (χ3v) is 15.1. The summed E-state index contributed by atoms with van der Waals surface area (Å²) < 4.78 is 17.0. The summed E-state index contributed by atoms with van der Waals surface area (Å²) in [5, 5.41) is 0. The second-order valence-corrected chi connectivity index (χ2v) is 23.0. The molecule has 0 rings (SSSR count). The lowest BCUT2D eigenvalue weighted by Crippen LogP contribution is -2.30. The number of ether oxygens (including phenoxy) is 3. The Morgan fingerprint density at radius 2 is 0.487 bits per heavy atom. The summed E-state index contributed by atoms with van der Waals surface area (Å²) in [5.74, 6) is -0.866. The molecule has 0 aromatic heterocycles. The molecule has 0 aromatic carbocycles. The van der Waals surface area contributed by atoms with Crippen LogP contribution in [0.5, 0.6) is 0 Å². The topological polar surface area (TPSA) is 78.9 Å². The van der Waals surface area contributed by atoms with E-state index in [-0.39, 0.29) is 31.1 Å². The highest BCUT2D eigenvalue weighted by molar-refractivity contribution is 5.71. The fourth-order valence-electron chi connectivity index (χ4n) is 10.0. The van der Waals surface area contributed by atoms with Crippen LogP contribution in [0.1, 0.15) is 348 Å². The average Bonchev–Trinajstić information content (AvgIpc) is 3.46. The highest BCUT2D eigenvalue weighted by Crippen LogP contribution is 2.18. The predicted octanol–water partition coefficient (Wildman–Crippen LogP) is 23.8. The predicted molar refractivity (Wildman–Crippen MR) is 348 cm³/mol. The maximum absolute atomic E-state index is 12.9. The Labute approximate surface area is 496 Å². The summed E-state index contributed by atoms with van der Waals surface area (Å²) in [4.78, 5) is 38.4. The number of carbonyl (C=O) groups excluding carboxylic acids is 3. The Morgan fingerprint density at radius 3 is 0.762 bits per heavy atom. The summed E-state index contributed by atoms with van der Waals surface area (Å²) >= 11 is 0. The molecule has 0 aromatic rings. The highest BCUT2D eigenvalue weighted by Gasteiger charge is 2.19. The van der Waals surface area contributed by atoms with E-state index in [1.807, 2.05) is 0 Å². The molecule has 6 nitrogen and oxygen atoms in total. The van der Waals surface area contributed by atoms with Crippen LogP contribution in [-0.2, 0) is 28.6 Å². The average molecular weight is 1120 g/mol. The Kier molecular flexibility index (Phi) is 65.2. The van der Waals surface area contributed by atoms with Crippen molar-refractivity contribution in [2.75, 3.05) is 13.2 Å². The minimum atomic E-state index is -0.780. The summed E-state index contributed by atoms with van der Waals surface area (Å²) in [6, 6.07) is 0. The molecule has 1 unspecified atom stereocenters. The van der Waals surface area contributed by atoms with Crippen molar-refractivity contribution in [2.24, 2.45) is 0 Å². The van der Waals surface area contributed by atoms with E-state index in [4.69, 9.17) is 14.2 Å². The van der Waals surface area contributed by atoms with Crippen LogP contribution in [0.3, 0.4) is 0 Å². The number of carbonyl (C=O) groups is 3. The molecule has 0 amide bonds. The standard InChI is InChI=1S/C74H130O6/c1-4-7-10-13-16-19-22-25-28-31-33-34-35-36-37-38-39-40-41-44-46-49-52-55-58-61-64-67-73(76)79-70-71(69-78-72(75)66-63-60-57-54-51-48-45-42-30-27-24-21-18-15-12-9-6-3)80-74(77)68-65-62-59-56-53-50-47-43-32-29-26-23-20-17-14-11-8-5-2/h7,9-10,12,16,18-19,21,25,27-28,30,33-34,71H,4-6,8,11,13-15,17,20,22-24,26,29,31-32,35-70H2,1-3H3/b10-7-,12-9-,19-16-,21-18-,28-25-,30-27-,34-33-. The van der Waals surface area contributed by atoms with Crippen LogP contribution in [0.4, 0.5) is 0 Å². The number of unbranched alkanes of at least 4 members (excludes halogenated alkanes) is 38. The van der Waals surface area contributed by atoms with Gasteiger partial charge in [-0.3, -0.25) is 14.4 Å². The van der Waals surface area contributed by atoms with Crippen LogP contribution in [0.25, 0.3) is 0 Å². The van der Waals surface area contributed by atoms with Gasteiger partial charge < -0.3 is 14.2 Å². The molecule has 1 atom stereocenters. The molecule has 0 saturated heterocycles. The maximum Gasteiger partial charge on any atom is 0.306 e. The van der Waals surface area contributed by atoms with Gasteiger partial charge in [-0.15, -0.1) is 0 Å². The quantitative estimate of drug-likeness (QED) is 0.0261. The number of rotatable bonds is 63. The van der Waals surface area contributed by atoms with Crippen LogP contribution >= 0.6 is 0 Å². The molecule has 462 valence electrons. The smallest absolute Gasteiger partial charge is 0.306 e. The summed E-state index contributed by atoms with van der Waals surface area (Å²) in [6.45, 7) is 6.46. The fourth-order valence-corrected chi connectivity index (χ4v) is 10.0. The number of hydrogen-bond donors (Lipinski definition) is 0. The lowest BCUT2D eigenvalue weighted by atomic mass is 10.0. The van der Waals surface area contributed by atoms with Crippen LogP contribution in [0, 0.1) is 0 Å². The molecule has 0 radical (unpaired) electrons. The van der Waals surface area contributed by atoms with Crippen molar-refractivity contribution in [1.29, 1.82) is 0 Å². The van der Waals surface area contributed by atoms with Crippen molar-refractivity contribution in [3.8, 4) is 0 Å². The Hall–Kier alpha value is -3.41. The van der Waals surface area contributed by atoms with Gasteiger partial charge in [-0.2, -0.15) is 0 Å². The van der Waals surface area contributed by atoms with Gasteiger partial charge in [0.05, 0.1) is 0 Å². The van der Waals surface area contributed by atoms with E-state index in [2.05, 4.69) is 106 Å². The van der Waals surface area contributed by atoms with E-state index in [0.717, 1.165) is 109 Å². The van der Waals surface area contributed by atoms with Crippen molar-refractivity contribution >= 4 is 17.9 Å². The first kappa shape index (κ1) is 76.6. The molecule has 0 aliphatic carbocycles. The van der Waals surface area contributed by atoms with E-state index in [1.54, 1.807) is 0 Å². The molecule has 0 fully saturated rings. The zero-order valence-corrected chi connectivity index (χ0v) is 53.1. The van der Waals surface area contributed by atoms with Crippen molar-refractivity contribution in [3.05, 3.63) is 85.1 Å². The third kappa shape index (κ3) is 65.4. The molecule has 0 aliphatic heterocycles. The van der Waals surface area contributed by atoms with Gasteiger partial charge in [-0.25, -0.2) is 0 Å². The third-order valence-electron chi connectivity index (χ3n) is 15.1. The van der Waals surface area contributed by atoms with Gasteiger partial charge in [-0.1, -0.05) is 324 Å². The minimum Gasteiger partial charge on any atom is -0.462 e. The van der Waals surface area contributed by atoms with E-state index in [1.165, 1.54) is 199 Å². The first-order valence-corrected chi connectivity index (χ1v) is 34.6. The molecule has 0 heterocycles. The summed E-state index contributed by atoms with van der Waals surface area (Å²) in [5.41, 5.74) is 0. The molecular weight excluding hydrogens is 985 g/mol. The molecule has 0 N–H and O–H groups in total. The second-order valence-electron chi connectivity index (χ2n) is 23.0. The van der Waals surface area contributed by atoms with Gasteiger partial charge >= 0.3 is 17.9 Å². The van der Waals surface area contributed by atoms with Crippen molar-refractivity contribution in [1.82, 2.24) is 0 Å². The lowest BCUT2D eigenvalue weighted by Gasteiger charge is -2.18. The Balaban J connectivity index is 4.30. The van der Waals surface area contributed by atoms with Gasteiger partial charge in [-0.05, 0) is 89.9 Å². The zero-order valence-electron chi connectivity index (χ0n) is 53.1. The fraction of sp³-hybridized carbons (Fsp3) is 0.770. The Bertz CT molecular complexity index is 1520. The van der Waals surface area contributed by atoms with Crippen LogP contribution in [0.2, 0.25) is 0 Å². The number of hydrogen-bond acceptors (Lipinski definition) is 6. The van der Waals surface area contributed by atoms with E-state index in [9.17, 15) is 14.4 Å². The second kappa shape index (κ2) is 68.1. The number of allylic oxidation sites excluding steroid dienone is 14. The first-order chi connectivity index (χ1) is 39.5. The summed E-state index contributed by atoms with van der Waals surface area (Å²) in [6.07, 6.45) is 90.3. The van der Waals surface area contributed by atoms with E-state index < -0.39 is 6.10 Å². The van der Waals surface area contributed by atoms with Gasteiger partial charge in [0, 0.05) is 19.3 Å². The van der Waals surface area contributed by atoms with Crippen LogP contribution < -0.4 is 0 Å². The monoisotopic (exact) mass is 1110 g/mol. The van der Waals surface area contributed by atoms with Gasteiger partial charge in [0.15, 0.2) is 6.10 Å². The normalized spacial score (nSPS) is 12.6. The molecular formula is C74H130O6. The molecule has 0 saturated carbocycles. The van der Waals surface area contributed by atoms with E-state index >= 15 is 0 Å².